The molecule has 2 aliphatic rings. The summed E-state index contributed by atoms with van der Waals surface area (Å²) in [6.45, 7) is 3.71. The van der Waals surface area contributed by atoms with Crippen molar-refractivity contribution in [3.8, 4) is 0 Å². The molecule has 0 unspecified atom stereocenters. The summed E-state index contributed by atoms with van der Waals surface area (Å²) in [5, 5.41) is 0.700. The number of carbonyl (C=O) groups excluding carboxylic acids is 3. The molecule has 0 saturated carbocycles. The predicted molar refractivity (Wildman–Crippen MR) is 95.2 cm³/mol. The number of para-hydroxylation sites is 1. The van der Waals surface area contributed by atoms with Crippen molar-refractivity contribution in [3.63, 3.8) is 0 Å². The standard InChI is InChI=1S/C20H16N2O5/c1-13-17(23)27-22(19(25)26-12-14-8-4-3-5-9-14)20(13)15-10-6-7-11-16(15)21(2)18(20)24/h3-11H,1,12H2,2H3/t20-/m0/s1. The van der Waals surface area contributed by atoms with E-state index in [1.807, 2.05) is 18.2 Å². The molecule has 2 aliphatic heterocycles. The van der Waals surface area contributed by atoms with Crippen molar-refractivity contribution in [3.05, 3.63) is 77.9 Å². The molecule has 136 valence electrons. The summed E-state index contributed by atoms with van der Waals surface area (Å²) in [7, 11) is 1.57. The van der Waals surface area contributed by atoms with Gasteiger partial charge in [-0.3, -0.25) is 4.79 Å². The van der Waals surface area contributed by atoms with E-state index in [1.54, 1.807) is 43.4 Å². The first-order valence-corrected chi connectivity index (χ1v) is 8.28. The molecule has 7 heteroatoms. The molecule has 27 heavy (non-hydrogen) atoms. The summed E-state index contributed by atoms with van der Waals surface area (Å²) in [6, 6.07) is 15.9. The number of benzene rings is 2. The molecule has 7 nitrogen and oxygen atoms in total. The quantitative estimate of drug-likeness (QED) is 0.766. The van der Waals surface area contributed by atoms with Gasteiger partial charge in [0.15, 0.2) is 0 Å². The number of ether oxygens (including phenoxy) is 1. The molecular formula is C20H16N2O5. The van der Waals surface area contributed by atoms with Gasteiger partial charge < -0.3 is 14.5 Å². The first-order valence-electron chi connectivity index (χ1n) is 8.28. The van der Waals surface area contributed by atoms with Crippen LogP contribution in [0.1, 0.15) is 11.1 Å². The Morgan fingerprint density at radius 3 is 2.52 bits per heavy atom. The van der Waals surface area contributed by atoms with E-state index in [9.17, 15) is 14.4 Å². The predicted octanol–water partition coefficient (Wildman–Crippen LogP) is 2.53. The molecule has 0 radical (unpaired) electrons. The van der Waals surface area contributed by atoms with Gasteiger partial charge in [0.1, 0.15) is 6.61 Å². The molecule has 1 spiro atoms. The van der Waals surface area contributed by atoms with Crippen LogP contribution in [0, 0.1) is 0 Å². The minimum absolute atomic E-state index is 0.0258. The van der Waals surface area contributed by atoms with Crippen molar-refractivity contribution in [2.24, 2.45) is 0 Å². The molecule has 0 aliphatic carbocycles. The Balaban J connectivity index is 1.72. The molecule has 2 aromatic carbocycles. The van der Waals surface area contributed by atoms with E-state index < -0.39 is 23.5 Å². The van der Waals surface area contributed by atoms with Gasteiger partial charge in [0.05, 0.1) is 5.57 Å². The Hall–Kier alpha value is -3.61. The van der Waals surface area contributed by atoms with E-state index in [0.717, 1.165) is 5.56 Å². The van der Waals surface area contributed by atoms with Crippen molar-refractivity contribution >= 4 is 23.7 Å². The fourth-order valence-corrected chi connectivity index (χ4v) is 3.46. The Labute approximate surface area is 155 Å². The largest absolute Gasteiger partial charge is 0.445 e. The third kappa shape index (κ3) is 2.25. The van der Waals surface area contributed by atoms with Gasteiger partial charge in [0, 0.05) is 18.3 Å². The average molecular weight is 364 g/mol. The zero-order valence-electron chi connectivity index (χ0n) is 14.5. The number of anilines is 1. The molecule has 4 rings (SSSR count). The van der Waals surface area contributed by atoms with Crippen molar-refractivity contribution < 1.29 is 24.0 Å². The van der Waals surface area contributed by atoms with Crippen molar-refractivity contribution in [1.82, 2.24) is 5.06 Å². The fraction of sp³-hybridized carbons (Fsp3) is 0.150. The molecule has 2 heterocycles. The number of rotatable bonds is 2. The maximum absolute atomic E-state index is 13.1. The first kappa shape index (κ1) is 16.8. The second-order valence-electron chi connectivity index (χ2n) is 6.28. The third-order valence-corrected chi connectivity index (χ3v) is 4.80. The van der Waals surface area contributed by atoms with Gasteiger partial charge in [-0.1, -0.05) is 55.1 Å². The highest BCUT2D eigenvalue weighted by Crippen LogP contribution is 2.51. The molecule has 1 saturated heterocycles. The summed E-state index contributed by atoms with van der Waals surface area (Å²) in [4.78, 5) is 44.6. The summed E-state index contributed by atoms with van der Waals surface area (Å²) in [5.41, 5.74) is -0.0933. The van der Waals surface area contributed by atoms with Crippen molar-refractivity contribution in [2.75, 3.05) is 11.9 Å². The van der Waals surface area contributed by atoms with E-state index in [2.05, 4.69) is 6.58 Å². The second kappa shape index (κ2) is 5.98. The Morgan fingerprint density at radius 1 is 1.11 bits per heavy atom. The minimum atomic E-state index is -1.75. The maximum atomic E-state index is 13.1. The Kier molecular flexibility index (Phi) is 3.73. The van der Waals surface area contributed by atoms with Gasteiger partial charge in [0.25, 0.3) is 5.91 Å². The van der Waals surface area contributed by atoms with Crippen LogP contribution < -0.4 is 4.90 Å². The van der Waals surface area contributed by atoms with Crippen LogP contribution in [0.2, 0.25) is 0 Å². The van der Waals surface area contributed by atoms with Gasteiger partial charge in [0.2, 0.25) is 5.54 Å². The summed E-state index contributed by atoms with van der Waals surface area (Å²) >= 11 is 0. The molecule has 2 amide bonds. The third-order valence-electron chi connectivity index (χ3n) is 4.80. The van der Waals surface area contributed by atoms with Gasteiger partial charge in [-0.15, -0.1) is 5.06 Å². The molecule has 1 atom stereocenters. The maximum Gasteiger partial charge on any atom is 0.445 e. The fourth-order valence-electron chi connectivity index (χ4n) is 3.46. The van der Waals surface area contributed by atoms with Crippen molar-refractivity contribution in [2.45, 2.75) is 12.1 Å². The van der Waals surface area contributed by atoms with Crippen LogP contribution in [0.4, 0.5) is 10.5 Å². The van der Waals surface area contributed by atoms with E-state index in [4.69, 9.17) is 9.57 Å². The summed E-state index contributed by atoms with van der Waals surface area (Å²) in [5.74, 6) is -1.35. The second-order valence-corrected chi connectivity index (χ2v) is 6.28. The Bertz CT molecular complexity index is 971. The number of nitrogens with zero attached hydrogens (tertiary/aromatic N) is 2. The molecule has 0 aromatic heterocycles. The van der Waals surface area contributed by atoms with Gasteiger partial charge in [-0.25, -0.2) is 9.59 Å². The average Bonchev–Trinajstić information content (AvgIpc) is 3.09. The lowest BCUT2D eigenvalue weighted by Gasteiger charge is -2.29. The van der Waals surface area contributed by atoms with Crippen LogP contribution in [-0.2, 0) is 31.3 Å². The highest BCUT2D eigenvalue weighted by atomic mass is 16.8. The summed E-state index contributed by atoms with van der Waals surface area (Å²) in [6.07, 6.45) is -0.940. The van der Waals surface area contributed by atoms with Crippen LogP contribution in [0.5, 0.6) is 0 Å². The summed E-state index contributed by atoms with van der Waals surface area (Å²) < 4.78 is 5.29. The number of hydroxylamine groups is 2. The highest BCUT2D eigenvalue weighted by molar-refractivity contribution is 6.17. The van der Waals surface area contributed by atoms with Crippen LogP contribution in [0.25, 0.3) is 0 Å². The van der Waals surface area contributed by atoms with Crippen LogP contribution in [0.15, 0.2) is 66.7 Å². The molecule has 0 N–H and O–H groups in total. The number of hydrogen-bond donors (Lipinski definition) is 0. The number of likely N-dealkylation sites (N-methyl/N-ethyl adjacent to an activating group) is 1. The van der Waals surface area contributed by atoms with E-state index in [1.165, 1.54) is 4.90 Å². The number of hydrogen-bond acceptors (Lipinski definition) is 5. The normalized spacial score (nSPS) is 20.9. The zero-order valence-corrected chi connectivity index (χ0v) is 14.5. The topological polar surface area (TPSA) is 76.1 Å². The van der Waals surface area contributed by atoms with E-state index >= 15 is 0 Å². The number of fused-ring (bicyclic) bond motifs is 2. The lowest BCUT2D eigenvalue weighted by atomic mass is 9.85. The highest BCUT2D eigenvalue weighted by Gasteiger charge is 2.66. The monoisotopic (exact) mass is 364 g/mol. The zero-order chi connectivity index (χ0) is 19.2. The Morgan fingerprint density at radius 2 is 1.78 bits per heavy atom. The molecule has 1 fully saturated rings. The van der Waals surface area contributed by atoms with Gasteiger partial charge in [-0.2, -0.15) is 0 Å². The number of carbonyl (C=O) groups is 3. The van der Waals surface area contributed by atoms with Gasteiger partial charge in [-0.05, 0) is 11.6 Å². The van der Waals surface area contributed by atoms with E-state index in [0.29, 0.717) is 16.3 Å². The van der Waals surface area contributed by atoms with Crippen molar-refractivity contribution in [1.29, 1.82) is 0 Å². The first-order chi connectivity index (χ1) is 13.0. The molecule has 0 bridgehead atoms. The lowest BCUT2D eigenvalue weighted by molar-refractivity contribution is -0.177. The SMILES string of the molecule is C=C1C(=O)ON(C(=O)OCc2ccccc2)[C@@]12C(=O)N(C)c1ccccc12. The van der Waals surface area contributed by atoms with Crippen LogP contribution >= 0.6 is 0 Å². The molecular weight excluding hydrogens is 348 g/mol. The molecule has 2 aromatic rings. The van der Waals surface area contributed by atoms with Crippen LogP contribution in [0.3, 0.4) is 0 Å². The van der Waals surface area contributed by atoms with Crippen LogP contribution in [-0.4, -0.2) is 30.1 Å². The smallest absolute Gasteiger partial charge is 0.442 e. The number of amides is 2. The lowest BCUT2D eigenvalue weighted by Crippen LogP contribution is -2.51. The minimum Gasteiger partial charge on any atom is -0.442 e. The van der Waals surface area contributed by atoms with E-state index in [-0.39, 0.29) is 12.2 Å². The van der Waals surface area contributed by atoms with Gasteiger partial charge >= 0.3 is 12.1 Å².